The van der Waals surface area contributed by atoms with Crippen molar-refractivity contribution in [3.63, 3.8) is 0 Å². The quantitative estimate of drug-likeness (QED) is 0.681. The Hall–Kier alpha value is -3.30. The molecule has 0 aliphatic heterocycles. The molecule has 0 bridgehead atoms. The predicted octanol–water partition coefficient (Wildman–Crippen LogP) is 3.65. The van der Waals surface area contributed by atoms with Gasteiger partial charge < -0.3 is 10.6 Å². The summed E-state index contributed by atoms with van der Waals surface area (Å²) in [6, 6.07) is 4.78. The van der Waals surface area contributed by atoms with Crippen molar-refractivity contribution >= 4 is 17.3 Å². The molecule has 2 heterocycles. The maximum absolute atomic E-state index is 13.2. The molecule has 0 spiro atoms. The maximum Gasteiger partial charge on any atom is 0.416 e. The number of alkyl halides is 3. The number of nitrogens with zero attached hydrogens (tertiary/aromatic N) is 4. The molecule has 4 rings (SSSR count). The van der Waals surface area contributed by atoms with Crippen LogP contribution in [0.1, 0.15) is 24.8 Å². The van der Waals surface area contributed by atoms with Gasteiger partial charge in [-0.25, -0.2) is 4.68 Å². The molecular formula is C19H19F3N6O. The molecule has 2 aromatic heterocycles. The van der Waals surface area contributed by atoms with E-state index in [0.29, 0.717) is 12.8 Å². The molecule has 1 aromatic carbocycles. The van der Waals surface area contributed by atoms with Crippen molar-refractivity contribution in [1.82, 2.24) is 19.6 Å². The van der Waals surface area contributed by atoms with E-state index in [4.69, 9.17) is 0 Å². The number of rotatable bonds is 5. The molecule has 7 nitrogen and oxygen atoms in total. The van der Waals surface area contributed by atoms with Gasteiger partial charge in [-0.2, -0.15) is 23.4 Å². The third-order valence-electron chi connectivity index (χ3n) is 5.24. The second-order valence-corrected chi connectivity index (χ2v) is 6.94. The molecule has 152 valence electrons. The lowest BCUT2D eigenvalue weighted by molar-refractivity contribution is -0.137. The average molecular weight is 404 g/mol. The zero-order chi connectivity index (χ0) is 20.6. The Morgan fingerprint density at radius 2 is 2.03 bits per heavy atom. The third kappa shape index (κ3) is 3.34. The van der Waals surface area contributed by atoms with E-state index in [9.17, 15) is 18.0 Å². The summed E-state index contributed by atoms with van der Waals surface area (Å²) in [5.41, 5.74) is -0.511. The second-order valence-electron chi connectivity index (χ2n) is 6.94. The Balaban J connectivity index is 1.69. The monoisotopic (exact) mass is 404 g/mol. The number of halogens is 3. The zero-order valence-electron chi connectivity index (χ0n) is 15.6. The van der Waals surface area contributed by atoms with E-state index < -0.39 is 17.3 Å². The summed E-state index contributed by atoms with van der Waals surface area (Å²) in [4.78, 5) is 13.2. The second kappa shape index (κ2) is 6.94. The largest absolute Gasteiger partial charge is 0.416 e. The number of carbonyl (C=O) groups excluding carboxylic acids is 1. The number of hydrogen-bond acceptors (Lipinski definition) is 4. The molecule has 2 N–H and O–H groups in total. The van der Waals surface area contributed by atoms with E-state index in [1.165, 1.54) is 23.1 Å². The number of benzene rings is 1. The van der Waals surface area contributed by atoms with Crippen LogP contribution >= 0.6 is 0 Å². The van der Waals surface area contributed by atoms with Gasteiger partial charge in [-0.1, -0.05) is 0 Å². The number of nitrogens with one attached hydrogen (secondary N) is 2. The van der Waals surface area contributed by atoms with Crippen LogP contribution in [0.5, 0.6) is 0 Å². The molecular weight excluding hydrogens is 385 g/mol. The Kier molecular flexibility index (Phi) is 4.56. The highest BCUT2D eigenvalue weighted by Gasteiger charge is 2.47. The molecule has 10 heteroatoms. The van der Waals surface area contributed by atoms with Crippen molar-refractivity contribution in [3.8, 4) is 5.69 Å². The summed E-state index contributed by atoms with van der Waals surface area (Å²) in [7, 11) is 1.76. The Morgan fingerprint density at radius 3 is 2.59 bits per heavy atom. The summed E-state index contributed by atoms with van der Waals surface area (Å²) in [5.74, 6) is -0.317. The molecule has 1 fully saturated rings. The molecule has 1 aliphatic rings. The molecule has 1 saturated carbocycles. The Bertz CT molecular complexity index is 1020. The number of anilines is 2. The van der Waals surface area contributed by atoms with Crippen LogP contribution < -0.4 is 10.6 Å². The Labute approximate surface area is 164 Å². The van der Waals surface area contributed by atoms with E-state index in [1.54, 1.807) is 30.2 Å². The lowest BCUT2D eigenvalue weighted by Crippen LogP contribution is -2.51. The van der Waals surface area contributed by atoms with Gasteiger partial charge in [-0.3, -0.25) is 9.48 Å². The average Bonchev–Trinajstić information content (AvgIpc) is 3.32. The number of aromatic nitrogens is 4. The van der Waals surface area contributed by atoms with Crippen LogP contribution in [-0.4, -0.2) is 32.5 Å². The van der Waals surface area contributed by atoms with Crippen molar-refractivity contribution in [2.45, 2.75) is 31.0 Å². The van der Waals surface area contributed by atoms with Gasteiger partial charge in [0.2, 0.25) is 0 Å². The predicted molar refractivity (Wildman–Crippen MR) is 101 cm³/mol. The highest BCUT2D eigenvalue weighted by Crippen LogP contribution is 2.41. The number of carbonyl (C=O) groups is 1. The van der Waals surface area contributed by atoms with Crippen molar-refractivity contribution in [3.05, 3.63) is 54.6 Å². The minimum atomic E-state index is -4.50. The standard InChI is InChI=1S/C19H19F3N6O/c1-23-14-11-25-28(12-14)18(6-2-7-18)17(29)26-15-5-4-13(19(20,21)22)10-16(15)27-9-3-8-24-27/h3-5,8-12,23H,2,6-7H2,1H3,(H,26,29). The SMILES string of the molecule is CNc1cnn(C2(C(=O)Nc3ccc(C(F)(F)F)cc3-n3cccn3)CCC2)c1. The van der Waals surface area contributed by atoms with Crippen LogP contribution in [0.2, 0.25) is 0 Å². The highest BCUT2D eigenvalue weighted by molar-refractivity contribution is 5.98. The van der Waals surface area contributed by atoms with E-state index >= 15 is 0 Å². The fraction of sp³-hybridized carbons (Fsp3) is 0.316. The van der Waals surface area contributed by atoms with E-state index in [2.05, 4.69) is 20.8 Å². The van der Waals surface area contributed by atoms with Crippen LogP contribution in [0.15, 0.2) is 49.1 Å². The van der Waals surface area contributed by atoms with Crippen LogP contribution in [0.4, 0.5) is 24.5 Å². The van der Waals surface area contributed by atoms with Crippen molar-refractivity contribution in [1.29, 1.82) is 0 Å². The van der Waals surface area contributed by atoms with Gasteiger partial charge in [0, 0.05) is 25.6 Å². The Morgan fingerprint density at radius 1 is 1.24 bits per heavy atom. The highest BCUT2D eigenvalue weighted by atomic mass is 19.4. The van der Waals surface area contributed by atoms with Gasteiger partial charge in [0.15, 0.2) is 0 Å². The fourth-order valence-corrected chi connectivity index (χ4v) is 3.41. The summed E-state index contributed by atoms with van der Waals surface area (Å²) < 4.78 is 42.5. The van der Waals surface area contributed by atoms with Gasteiger partial charge in [0.25, 0.3) is 5.91 Å². The normalized spacial score (nSPS) is 15.6. The number of amides is 1. The lowest BCUT2D eigenvalue weighted by Gasteiger charge is -2.40. The fourth-order valence-electron chi connectivity index (χ4n) is 3.41. The zero-order valence-corrected chi connectivity index (χ0v) is 15.6. The van der Waals surface area contributed by atoms with E-state index in [0.717, 1.165) is 24.2 Å². The first kappa shape index (κ1) is 19.0. The van der Waals surface area contributed by atoms with Gasteiger partial charge >= 0.3 is 6.18 Å². The van der Waals surface area contributed by atoms with Crippen LogP contribution in [0, 0.1) is 0 Å². The van der Waals surface area contributed by atoms with Crippen molar-refractivity contribution < 1.29 is 18.0 Å². The van der Waals surface area contributed by atoms with Gasteiger partial charge in [0.05, 0.1) is 28.8 Å². The molecule has 0 saturated heterocycles. The smallest absolute Gasteiger partial charge is 0.386 e. The van der Waals surface area contributed by atoms with Gasteiger partial charge in [-0.15, -0.1) is 0 Å². The molecule has 0 radical (unpaired) electrons. The van der Waals surface area contributed by atoms with Gasteiger partial charge in [0.1, 0.15) is 5.54 Å². The first-order valence-corrected chi connectivity index (χ1v) is 9.09. The minimum absolute atomic E-state index is 0.143. The topological polar surface area (TPSA) is 76.8 Å². The van der Waals surface area contributed by atoms with Crippen molar-refractivity contribution in [2.75, 3.05) is 17.7 Å². The van der Waals surface area contributed by atoms with Gasteiger partial charge in [-0.05, 0) is 43.5 Å². The van der Waals surface area contributed by atoms with Crippen LogP contribution in [0.25, 0.3) is 5.69 Å². The van der Waals surface area contributed by atoms with Crippen LogP contribution in [-0.2, 0) is 16.5 Å². The molecule has 0 unspecified atom stereocenters. The molecule has 1 amide bonds. The number of hydrogen-bond donors (Lipinski definition) is 2. The maximum atomic E-state index is 13.2. The van der Waals surface area contributed by atoms with Crippen LogP contribution in [0.3, 0.4) is 0 Å². The first-order valence-electron chi connectivity index (χ1n) is 9.09. The van der Waals surface area contributed by atoms with Crippen molar-refractivity contribution in [2.24, 2.45) is 0 Å². The first-order chi connectivity index (χ1) is 13.8. The lowest BCUT2D eigenvalue weighted by atomic mass is 9.76. The molecule has 29 heavy (non-hydrogen) atoms. The summed E-state index contributed by atoms with van der Waals surface area (Å²) >= 11 is 0. The van der Waals surface area contributed by atoms with E-state index in [1.807, 2.05) is 0 Å². The minimum Gasteiger partial charge on any atom is -0.386 e. The molecule has 3 aromatic rings. The molecule has 1 aliphatic carbocycles. The third-order valence-corrected chi connectivity index (χ3v) is 5.24. The summed E-state index contributed by atoms with van der Waals surface area (Å²) in [6.07, 6.45) is 3.92. The summed E-state index contributed by atoms with van der Waals surface area (Å²) in [6.45, 7) is 0. The molecule has 0 atom stereocenters. The van der Waals surface area contributed by atoms with E-state index in [-0.39, 0.29) is 17.3 Å². The summed E-state index contributed by atoms with van der Waals surface area (Å²) in [5, 5.41) is 14.1.